The highest BCUT2D eigenvalue weighted by Crippen LogP contribution is 2.43. The molecule has 1 aliphatic rings. The number of carbonyl (C=O) groups is 1. The molecule has 10 nitrogen and oxygen atoms in total. The number of hydrazine groups is 1. The van der Waals surface area contributed by atoms with Crippen molar-refractivity contribution in [2.24, 2.45) is 11.6 Å². The summed E-state index contributed by atoms with van der Waals surface area (Å²) in [5.41, 5.74) is 17.2. The van der Waals surface area contributed by atoms with Crippen LogP contribution in [0.2, 0.25) is 0 Å². The normalized spacial score (nSPS) is 13.5. The quantitative estimate of drug-likeness (QED) is 0.0265. The summed E-state index contributed by atoms with van der Waals surface area (Å²) in [5.74, 6) is 6.77. The molecule has 3 aromatic carbocycles. The maximum Gasteiger partial charge on any atom is 0.255 e. The zero-order valence-corrected chi connectivity index (χ0v) is 29.4. The van der Waals surface area contributed by atoms with Gasteiger partial charge >= 0.3 is 0 Å². The number of rotatable bonds is 11. The molecule has 0 spiro atoms. The van der Waals surface area contributed by atoms with Crippen LogP contribution >= 0.6 is 12.6 Å². The summed E-state index contributed by atoms with van der Waals surface area (Å²) in [4.78, 5) is 15.0. The van der Waals surface area contributed by atoms with Crippen LogP contribution in [0.15, 0.2) is 84.8 Å². The Labute approximate surface area is 284 Å². The largest absolute Gasteiger partial charge is 0.492 e. The van der Waals surface area contributed by atoms with Crippen LogP contribution in [0.25, 0.3) is 0 Å². The van der Waals surface area contributed by atoms with Gasteiger partial charge in [0.25, 0.3) is 5.91 Å². The second-order valence-electron chi connectivity index (χ2n) is 12.5. The smallest absolute Gasteiger partial charge is 0.255 e. The first-order chi connectivity index (χ1) is 22.2. The van der Waals surface area contributed by atoms with Gasteiger partial charge in [-0.1, -0.05) is 63.7 Å². The summed E-state index contributed by atoms with van der Waals surface area (Å²) in [7, 11) is 3.25. The molecule has 0 radical (unpaired) electrons. The fourth-order valence-electron chi connectivity index (χ4n) is 4.92. The van der Waals surface area contributed by atoms with Gasteiger partial charge in [0.05, 0.1) is 42.2 Å². The van der Waals surface area contributed by atoms with Crippen LogP contribution in [0.5, 0.6) is 5.75 Å². The third kappa shape index (κ3) is 8.88. The van der Waals surface area contributed by atoms with E-state index >= 15 is 0 Å². The SMILES string of the molecule is C=C(/C(N)=C/N(N)c1cc(C(=O)Nc2cc(C(C)(C)C)cc(N)c2OC)ccc1C)N(C)C(=N)C1(OCc2ccccc2)CC1.CS. The van der Waals surface area contributed by atoms with E-state index in [1.807, 2.05) is 55.5 Å². The van der Waals surface area contributed by atoms with E-state index < -0.39 is 5.60 Å². The van der Waals surface area contributed by atoms with Gasteiger partial charge < -0.3 is 31.2 Å². The van der Waals surface area contributed by atoms with Crippen molar-refractivity contribution in [2.75, 3.05) is 36.5 Å². The third-order valence-corrected chi connectivity index (χ3v) is 8.03. The molecule has 1 saturated carbocycles. The van der Waals surface area contributed by atoms with Gasteiger partial charge in [0.1, 0.15) is 11.4 Å². The van der Waals surface area contributed by atoms with Gasteiger partial charge in [0.15, 0.2) is 5.75 Å². The predicted molar refractivity (Wildman–Crippen MR) is 197 cm³/mol. The first kappa shape index (κ1) is 37.0. The average Bonchev–Trinajstić information content (AvgIpc) is 3.84. The molecule has 252 valence electrons. The van der Waals surface area contributed by atoms with E-state index in [-0.39, 0.29) is 22.9 Å². The van der Waals surface area contributed by atoms with E-state index in [0.29, 0.717) is 40.7 Å². The van der Waals surface area contributed by atoms with Crippen molar-refractivity contribution >= 4 is 41.4 Å². The summed E-state index contributed by atoms with van der Waals surface area (Å²) in [6.07, 6.45) is 4.71. The number of aryl methyl sites for hydroxylation is 1. The Kier molecular flexibility index (Phi) is 12.1. The Hall–Kier alpha value is -4.45. The Bertz CT molecular complexity index is 1630. The van der Waals surface area contributed by atoms with Crippen molar-refractivity contribution < 1.29 is 14.3 Å². The van der Waals surface area contributed by atoms with Gasteiger partial charge in [0, 0.05) is 18.8 Å². The Morgan fingerprint density at radius 2 is 1.77 bits per heavy atom. The van der Waals surface area contributed by atoms with Gasteiger partial charge in [-0.25, -0.2) is 5.84 Å². The highest BCUT2D eigenvalue weighted by Gasteiger charge is 2.50. The molecule has 11 heteroatoms. The first-order valence-corrected chi connectivity index (χ1v) is 16.1. The van der Waals surface area contributed by atoms with E-state index in [4.69, 9.17) is 32.2 Å². The predicted octanol–water partition coefficient (Wildman–Crippen LogP) is 6.33. The summed E-state index contributed by atoms with van der Waals surface area (Å²) in [6, 6.07) is 18.8. The molecule has 3 aromatic rings. The lowest BCUT2D eigenvalue weighted by Gasteiger charge is -2.29. The maximum absolute atomic E-state index is 13.4. The number of hydrogen-bond acceptors (Lipinski definition) is 9. The van der Waals surface area contributed by atoms with Crippen LogP contribution in [0.3, 0.4) is 0 Å². The number of amidine groups is 1. The van der Waals surface area contributed by atoms with Crippen LogP contribution < -0.4 is 32.4 Å². The molecule has 0 aliphatic heterocycles. The fourth-order valence-corrected chi connectivity index (χ4v) is 4.92. The number of nitrogen functional groups attached to an aromatic ring is 1. The van der Waals surface area contributed by atoms with Gasteiger partial charge in [-0.3, -0.25) is 15.2 Å². The Balaban J connectivity index is 0.00000294. The molecular formula is C36H49N7O3S. The fraction of sp³-hybridized carbons (Fsp3) is 0.333. The number of ether oxygens (including phenoxy) is 2. The van der Waals surface area contributed by atoms with Gasteiger partial charge in [0.2, 0.25) is 0 Å². The zero-order chi connectivity index (χ0) is 35.1. The van der Waals surface area contributed by atoms with Gasteiger partial charge in [-0.05, 0) is 72.4 Å². The number of likely N-dealkylation sites (N-methyl/N-ethyl adjacent to an activating group) is 1. The molecular weight excluding hydrogens is 611 g/mol. The standard InChI is InChI=1S/C35H45N7O3.CH4S/c1-22-13-14-25(32(43)40-29-19-26(34(3,4)5)18-27(36)31(29)44-7)17-30(22)42(39)20-28(37)23(2)41(6)33(38)35(15-16-35)45-21-24-11-9-8-10-12-24;1-2/h8-14,17-20,38H,2,15-16,21,36-37,39H2,1,3-7H3,(H,40,43);2H,1H3/b28-20-,38-33?;. The number of benzene rings is 3. The minimum atomic E-state index is -0.672. The lowest BCUT2D eigenvalue weighted by molar-refractivity contribution is 0.0601. The van der Waals surface area contributed by atoms with E-state index in [0.717, 1.165) is 29.5 Å². The third-order valence-electron chi connectivity index (χ3n) is 8.03. The molecule has 8 N–H and O–H groups in total. The second-order valence-corrected chi connectivity index (χ2v) is 12.5. The van der Waals surface area contributed by atoms with E-state index in [9.17, 15) is 4.79 Å². The molecule has 0 saturated heterocycles. The second kappa shape index (κ2) is 15.4. The Morgan fingerprint density at radius 1 is 1.13 bits per heavy atom. The number of nitrogens with two attached hydrogens (primary N) is 3. The maximum atomic E-state index is 13.4. The summed E-state index contributed by atoms with van der Waals surface area (Å²) in [5, 5.41) is 13.1. The number of hydrogen-bond donors (Lipinski definition) is 6. The molecule has 0 atom stereocenters. The van der Waals surface area contributed by atoms with Crippen LogP contribution in [0, 0.1) is 12.3 Å². The molecule has 1 aliphatic carbocycles. The number of amides is 1. The number of methoxy groups -OCH3 is 1. The summed E-state index contributed by atoms with van der Waals surface area (Å²) >= 11 is 3.53. The van der Waals surface area contributed by atoms with Crippen LogP contribution in [0.1, 0.15) is 60.7 Å². The topological polar surface area (TPSA) is 156 Å². The molecule has 1 amide bonds. The number of nitrogens with one attached hydrogen (secondary N) is 2. The van der Waals surface area contributed by atoms with Crippen molar-refractivity contribution in [2.45, 2.75) is 58.2 Å². The molecule has 4 rings (SSSR count). The summed E-state index contributed by atoms with van der Waals surface area (Å²) in [6.45, 7) is 12.6. The molecule has 1 fully saturated rings. The van der Waals surface area contributed by atoms with Crippen molar-refractivity contribution in [3.63, 3.8) is 0 Å². The molecule has 47 heavy (non-hydrogen) atoms. The number of thiol groups is 1. The molecule has 0 bridgehead atoms. The Morgan fingerprint density at radius 3 is 2.34 bits per heavy atom. The van der Waals surface area contributed by atoms with E-state index in [1.54, 1.807) is 30.3 Å². The highest BCUT2D eigenvalue weighted by atomic mass is 32.1. The molecule has 0 heterocycles. The first-order valence-electron chi connectivity index (χ1n) is 15.2. The molecule has 0 unspecified atom stereocenters. The van der Waals surface area contributed by atoms with Gasteiger partial charge in [-0.2, -0.15) is 12.6 Å². The van der Waals surface area contributed by atoms with E-state index in [2.05, 4.69) is 45.3 Å². The lowest BCUT2D eigenvalue weighted by Crippen LogP contribution is -2.40. The molecule has 0 aromatic heterocycles. The van der Waals surface area contributed by atoms with Crippen molar-refractivity contribution in [3.8, 4) is 5.75 Å². The number of carbonyl (C=O) groups excluding carboxylic acids is 1. The lowest BCUT2D eigenvalue weighted by atomic mass is 9.86. The van der Waals surface area contributed by atoms with Crippen molar-refractivity contribution in [1.29, 1.82) is 5.41 Å². The minimum absolute atomic E-state index is 0.186. The van der Waals surface area contributed by atoms with Gasteiger partial charge in [-0.15, -0.1) is 0 Å². The number of nitrogens with zero attached hydrogens (tertiary/aromatic N) is 2. The van der Waals surface area contributed by atoms with Crippen LogP contribution in [-0.2, 0) is 16.8 Å². The minimum Gasteiger partial charge on any atom is -0.492 e. The number of anilines is 3. The highest BCUT2D eigenvalue weighted by molar-refractivity contribution is 7.79. The van der Waals surface area contributed by atoms with Crippen LogP contribution in [0.4, 0.5) is 17.1 Å². The van der Waals surface area contributed by atoms with Crippen molar-refractivity contribution in [3.05, 3.63) is 107 Å². The monoisotopic (exact) mass is 659 g/mol. The summed E-state index contributed by atoms with van der Waals surface area (Å²) < 4.78 is 11.7. The van der Waals surface area contributed by atoms with E-state index in [1.165, 1.54) is 18.3 Å². The zero-order valence-electron chi connectivity index (χ0n) is 28.5. The van der Waals surface area contributed by atoms with Crippen LogP contribution in [-0.4, -0.2) is 42.7 Å². The van der Waals surface area contributed by atoms with Crippen molar-refractivity contribution in [1.82, 2.24) is 4.90 Å². The average molecular weight is 660 g/mol.